The quantitative estimate of drug-likeness (QED) is 0.138. The number of fused-ring (bicyclic) bond motifs is 2. The van der Waals surface area contributed by atoms with Gasteiger partial charge >= 0.3 is 0 Å². The average Bonchev–Trinajstić information content (AvgIpc) is 4.01. The molecular formula is C45H66Cl2Fe2N6. The van der Waals surface area contributed by atoms with Crippen LogP contribution in [0.15, 0.2) is 60.9 Å². The molecule has 4 aliphatic carbocycles. The predicted molar refractivity (Wildman–Crippen MR) is 231 cm³/mol. The first kappa shape index (κ1) is 47.8. The van der Waals surface area contributed by atoms with E-state index in [1.54, 1.807) is 0 Å². The molecule has 4 fully saturated rings. The van der Waals surface area contributed by atoms with Crippen LogP contribution in [0.3, 0.4) is 0 Å². The van der Waals surface area contributed by atoms with Crippen molar-refractivity contribution in [1.29, 1.82) is 0 Å². The first-order chi connectivity index (χ1) is 25.9. The van der Waals surface area contributed by atoms with Crippen molar-refractivity contribution in [3.05, 3.63) is 71.0 Å². The zero-order valence-corrected chi connectivity index (χ0v) is 37.2. The molecule has 0 saturated heterocycles. The molecule has 55 heavy (non-hydrogen) atoms. The summed E-state index contributed by atoms with van der Waals surface area (Å²) in [6, 6.07) is 15.9. The van der Waals surface area contributed by atoms with E-state index in [2.05, 4.69) is 63.1 Å². The average molecular weight is 874 g/mol. The van der Waals surface area contributed by atoms with E-state index in [9.17, 15) is 0 Å². The van der Waals surface area contributed by atoms with Crippen LogP contribution in [0.4, 0.5) is 11.4 Å². The van der Waals surface area contributed by atoms with Crippen molar-refractivity contribution in [3.63, 3.8) is 0 Å². The minimum absolute atomic E-state index is 0. The maximum atomic E-state index is 6.05. The zero-order valence-electron chi connectivity index (χ0n) is 33.5. The minimum Gasteiger partial charge on any atom is -0.384 e. The van der Waals surface area contributed by atoms with Gasteiger partial charge in [-0.1, -0.05) is 100 Å². The number of hydrogen-bond donors (Lipinski definition) is 3. The van der Waals surface area contributed by atoms with Crippen molar-refractivity contribution in [3.8, 4) is 0 Å². The van der Waals surface area contributed by atoms with Crippen molar-refractivity contribution >= 4 is 56.4 Å². The molecule has 4 saturated carbocycles. The molecule has 2 aromatic carbocycles. The predicted octanol–water partition coefficient (Wildman–Crippen LogP) is 12.1. The van der Waals surface area contributed by atoms with Gasteiger partial charge in [-0.25, -0.2) is 0 Å². The van der Waals surface area contributed by atoms with Crippen LogP contribution in [0.25, 0.3) is 21.8 Å². The topological polar surface area (TPSA) is 65.1 Å². The second-order valence-corrected chi connectivity index (χ2v) is 16.9. The van der Waals surface area contributed by atoms with Gasteiger partial charge in [-0.05, 0) is 126 Å². The van der Waals surface area contributed by atoms with Crippen LogP contribution in [0.5, 0.6) is 0 Å². The Labute approximate surface area is 363 Å². The molecule has 4 aliphatic rings. The number of nitrogens with zero attached hydrogens (tertiary/aromatic N) is 3. The van der Waals surface area contributed by atoms with Gasteiger partial charge in [-0.2, -0.15) is 0 Å². The van der Waals surface area contributed by atoms with Crippen LogP contribution in [0.2, 0.25) is 10.0 Å². The van der Waals surface area contributed by atoms with Crippen molar-refractivity contribution < 1.29 is 34.1 Å². The Bertz CT molecular complexity index is 1630. The van der Waals surface area contributed by atoms with Gasteiger partial charge in [0, 0.05) is 98.4 Å². The fraction of sp³-hybridized carbons (Fsp3) is 0.600. The number of pyridine rings is 2. The fourth-order valence-electron chi connectivity index (χ4n) is 8.81. The molecule has 0 aliphatic heterocycles. The number of aromatic nitrogens is 2. The van der Waals surface area contributed by atoms with E-state index in [0.29, 0.717) is 0 Å². The van der Waals surface area contributed by atoms with Crippen LogP contribution in [-0.4, -0.2) is 62.2 Å². The van der Waals surface area contributed by atoms with E-state index >= 15 is 0 Å². The van der Waals surface area contributed by atoms with E-state index < -0.39 is 0 Å². The fourth-order valence-corrected chi connectivity index (χ4v) is 9.14. The summed E-state index contributed by atoms with van der Waals surface area (Å²) in [5.41, 5.74) is 4.23. The molecule has 3 N–H and O–H groups in total. The van der Waals surface area contributed by atoms with Crippen molar-refractivity contribution in [1.82, 2.24) is 20.2 Å². The molecule has 0 bridgehead atoms. The summed E-state index contributed by atoms with van der Waals surface area (Å²) in [5, 5.41) is 14.4. The van der Waals surface area contributed by atoms with E-state index in [1.807, 2.05) is 49.8 Å². The van der Waals surface area contributed by atoms with Crippen molar-refractivity contribution in [2.75, 3.05) is 58.0 Å². The first-order valence-corrected chi connectivity index (χ1v) is 21.5. The Morgan fingerprint density at radius 1 is 0.545 bits per heavy atom. The summed E-state index contributed by atoms with van der Waals surface area (Å²) < 4.78 is 0. The van der Waals surface area contributed by atoms with Gasteiger partial charge in [-0.15, -0.1) is 0 Å². The normalized spacial score (nSPS) is 21.3. The summed E-state index contributed by atoms with van der Waals surface area (Å²) in [4.78, 5) is 11.1. The molecule has 6 nitrogen and oxygen atoms in total. The van der Waals surface area contributed by atoms with Crippen LogP contribution < -0.4 is 16.0 Å². The molecule has 306 valence electrons. The second-order valence-electron chi connectivity index (χ2n) is 16.1. The molecule has 10 heteroatoms. The van der Waals surface area contributed by atoms with Crippen molar-refractivity contribution in [2.24, 2.45) is 23.7 Å². The summed E-state index contributed by atoms with van der Waals surface area (Å²) in [5.74, 6) is 3.13. The first-order valence-electron chi connectivity index (χ1n) is 20.8. The molecular weight excluding hydrogens is 807 g/mol. The summed E-state index contributed by atoms with van der Waals surface area (Å²) in [7, 11) is 6.38. The van der Waals surface area contributed by atoms with Gasteiger partial charge in [0.25, 0.3) is 0 Å². The molecule has 0 amide bonds. The molecule has 8 rings (SSSR count). The third-order valence-corrected chi connectivity index (χ3v) is 12.2. The Morgan fingerprint density at radius 2 is 0.927 bits per heavy atom. The molecule has 4 unspecified atom stereocenters. The maximum absolute atomic E-state index is 6.05. The van der Waals surface area contributed by atoms with Gasteiger partial charge in [0.05, 0.1) is 11.0 Å². The maximum Gasteiger partial charge on any atom is 0.0737 e. The molecule has 4 aromatic rings. The van der Waals surface area contributed by atoms with E-state index in [4.69, 9.17) is 23.2 Å². The monoisotopic (exact) mass is 872 g/mol. The summed E-state index contributed by atoms with van der Waals surface area (Å²) in [6.07, 6.45) is 26.8. The number of nitrogens with one attached hydrogen (secondary N) is 3. The third-order valence-electron chi connectivity index (χ3n) is 11.7. The Balaban J connectivity index is 0.000000229. The van der Waals surface area contributed by atoms with Gasteiger partial charge < -0.3 is 20.9 Å². The molecule has 4 atom stereocenters. The number of rotatable bonds is 10. The number of anilines is 2. The van der Waals surface area contributed by atoms with E-state index in [0.717, 1.165) is 86.5 Å². The van der Waals surface area contributed by atoms with Gasteiger partial charge in [0.1, 0.15) is 0 Å². The standard InChI is InChI=1S/C18H24ClN3.C17H22ClN3.2C5H10.2Fe/c1-22(2)12-14-5-3-4-13(14)11-21-17-8-9-20-18-10-15(19)6-7-16(17)18;1-19-10-12-3-2-4-13(12)11-21-16-7-8-20-17-9-14(18)5-6-15(16)17;2*1-2-4-5-3-1;;/h6-10,13-14H,3-5,11-12H2,1-2H3,(H,20,21);5-9,12-13,19H,2-4,10-11H2,1H3,(H,20,21);2*1-5H2;;. The Hall–Kier alpha value is -1.60. The molecule has 0 spiro atoms. The molecule has 2 aromatic heterocycles. The smallest absolute Gasteiger partial charge is 0.0737 e. The second kappa shape index (κ2) is 26.4. The van der Waals surface area contributed by atoms with Crippen LogP contribution in [0, 0.1) is 23.7 Å². The van der Waals surface area contributed by atoms with Gasteiger partial charge in [-0.3, -0.25) is 9.97 Å². The number of benzene rings is 2. The van der Waals surface area contributed by atoms with E-state index in [-0.39, 0.29) is 34.1 Å². The van der Waals surface area contributed by atoms with Crippen LogP contribution in [-0.2, 0) is 34.1 Å². The Morgan fingerprint density at radius 3 is 1.33 bits per heavy atom. The van der Waals surface area contributed by atoms with Gasteiger partial charge in [0.15, 0.2) is 0 Å². The zero-order chi connectivity index (χ0) is 37.3. The number of hydrogen-bond acceptors (Lipinski definition) is 6. The molecule has 2 heterocycles. The van der Waals surface area contributed by atoms with Gasteiger partial charge in [0.2, 0.25) is 0 Å². The summed E-state index contributed by atoms with van der Waals surface area (Å²) in [6.45, 7) is 4.40. The Kier molecular flexibility index (Phi) is 22.9. The molecule has 0 radical (unpaired) electrons. The van der Waals surface area contributed by atoms with E-state index in [1.165, 1.54) is 109 Å². The van der Waals surface area contributed by atoms with Crippen molar-refractivity contribution in [2.45, 2.75) is 103 Å². The number of halogens is 2. The minimum atomic E-state index is 0. The van der Waals surface area contributed by atoms with Crippen LogP contribution >= 0.6 is 23.2 Å². The largest absolute Gasteiger partial charge is 0.384 e. The summed E-state index contributed by atoms with van der Waals surface area (Å²) >= 11 is 12.1. The SMILES string of the molecule is C1CCCC1.C1CCCC1.CN(C)CC1CCCC1CNc1ccnc2cc(Cl)ccc12.CNCC1CCCC1CNc1ccnc2cc(Cl)ccc12.[Fe].[Fe]. The van der Waals surface area contributed by atoms with Crippen LogP contribution in [0.1, 0.15) is 103 Å². The third kappa shape index (κ3) is 15.9.